The second-order valence-electron chi connectivity index (χ2n) is 10.3. The fourth-order valence-electron chi connectivity index (χ4n) is 5.21. The summed E-state index contributed by atoms with van der Waals surface area (Å²) < 4.78 is 3.71. The highest BCUT2D eigenvalue weighted by atomic mass is 32.2. The van der Waals surface area contributed by atoms with Crippen LogP contribution < -0.4 is 15.5 Å². The lowest BCUT2D eigenvalue weighted by atomic mass is 9.99. The Labute approximate surface area is 277 Å². The number of carbonyl (C=O) groups excluding carboxylic acids is 2. The maximum absolute atomic E-state index is 13.1. The van der Waals surface area contributed by atoms with E-state index in [1.165, 1.54) is 23.2 Å². The van der Waals surface area contributed by atoms with Gasteiger partial charge in [-0.2, -0.15) is 0 Å². The minimum Gasteiger partial charge on any atom is -0.504 e. The SMILES string of the molecule is Nc1nc(C(ON=CC(=O)NC2C(=O)N3C(C(=O)O)=C(/C=C/Cn4cc[n+]5cccnc45)CSC23)c2ccc(O)c(O)c2C(=O)O)cs1. The molecule has 0 saturated carbocycles. The standard InChI is InChI=1S/C29H24N8O9S2/c30-28-33-16(13-48-28)23(15-4-5-17(38)22(40)19(15)26(42)43)46-32-11-18(39)34-20-24(41)37-21(27(44)45)14(12-47-25(20)37)3-1-7-35-9-10-36-8-2-6-31-29(35)36/h1-6,8-11,13,20,23,25H,7,12H2,(H6-,30,32,33,34,38,39,40,42,43,44,45)/p+1/b3-1+. The number of imidazole rings is 1. The number of allylic oxidation sites excluding steroid dienone is 2. The second kappa shape index (κ2) is 13.0. The van der Waals surface area contributed by atoms with Crippen LogP contribution in [0.15, 0.2) is 76.9 Å². The van der Waals surface area contributed by atoms with Gasteiger partial charge in [0.15, 0.2) is 22.7 Å². The van der Waals surface area contributed by atoms with E-state index < -0.39 is 58.3 Å². The number of carboxylic acids is 2. The largest absolute Gasteiger partial charge is 0.504 e. The van der Waals surface area contributed by atoms with Crippen LogP contribution in [0.5, 0.6) is 11.5 Å². The predicted octanol–water partition coefficient (Wildman–Crippen LogP) is 0.857. The van der Waals surface area contributed by atoms with Crippen LogP contribution in [-0.4, -0.2) is 87.0 Å². The molecule has 48 heavy (non-hydrogen) atoms. The van der Waals surface area contributed by atoms with Crippen LogP contribution in [0.1, 0.15) is 27.7 Å². The van der Waals surface area contributed by atoms with Crippen molar-refractivity contribution in [1.82, 2.24) is 24.8 Å². The number of oxime groups is 1. The molecule has 3 atom stereocenters. The first-order chi connectivity index (χ1) is 23.0. The van der Waals surface area contributed by atoms with Crippen molar-refractivity contribution < 1.29 is 48.8 Å². The van der Waals surface area contributed by atoms with E-state index >= 15 is 0 Å². The molecular formula is C29H25N8O9S2+. The Morgan fingerprint density at radius 3 is 2.77 bits per heavy atom. The Balaban J connectivity index is 1.14. The highest BCUT2D eigenvalue weighted by Gasteiger charge is 2.54. The number of nitrogens with one attached hydrogen (secondary N) is 1. The summed E-state index contributed by atoms with van der Waals surface area (Å²) in [6, 6.07) is 2.99. The Hall–Kier alpha value is -5.95. The van der Waals surface area contributed by atoms with Crippen molar-refractivity contribution in [3.8, 4) is 11.5 Å². The predicted molar refractivity (Wildman–Crippen MR) is 169 cm³/mol. The Kier molecular flexibility index (Phi) is 8.70. The number of phenols is 2. The number of aromatic nitrogens is 4. The number of amides is 2. The Bertz CT molecular complexity index is 2060. The molecule has 3 unspecified atom stereocenters. The van der Waals surface area contributed by atoms with Crippen molar-refractivity contribution in [2.24, 2.45) is 5.16 Å². The van der Waals surface area contributed by atoms with Gasteiger partial charge in [-0.15, -0.1) is 23.1 Å². The van der Waals surface area contributed by atoms with Gasteiger partial charge in [-0.25, -0.2) is 23.5 Å². The number of rotatable bonds is 11. The number of benzene rings is 1. The third-order valence-corrected chi connectivity index (χ3v) is 9.36. The molecule has 7 N–H and O–H groups in total. The third-order valence-electron chi connectivity index (χ3n) is 7.37. The summed E-state index contributed by atoms with van der Waals surface area (Å²) in [6.07, 6.45) is 9.99. The Morgan fingerprint density at radius 2 is 2.04 bits per heavy atom. The molecule has 2 aliphatic heterocycles. The molecule has 246 valence electrons. The van der Waals surface area contributed by atoms with Crippen LogP contribution in [0.2, 0.25) is 0 Å². The van der Waals surface area contributed by atoms with Crippen molar-refractivity contribution in [2.75, 3.05) is 11.5 Å². The van der Waals surface area contributed by atoms with Gasteiger partial charge in [0.05, 0.1) is 18.9 Å². The molecule has 6 rings (SSSR count). The number of nitrogens with two attached hydrogens (primary N) is 1. The van der Waals surface area contributed by atoms with Gasteiger partial charge in [-0.05, 0) is 17.7 Å². The average Bonchev–Trinajstić information content (AvgIpc) is 3.68. The van der Waals surface area contributed by atoms with Gasteiger partial charge in [0.2, 0.25) is 0 Å². The molecule has 1 saturated heterocycles. The highest BCUT2D eigenvalue weighted by molar-refractivity contribution is 8.00. The fraction of sp³-hybridized carbons (Fsp3) is 0.172. The number of β-lactam (4-membered cyclic amide) rings is 1. The van der Waals surface area contributed by atoms with Gasteiger partial charge in [0, 0.05) is 22.8 Å². The summed E-state index contributed by atoms with van der Waals surface area (Å²) in [4.78, 5) is 64.9. The zero-order valence-corrected chi connectivity index (χ0v) is 26.0. The maximum atomic E-state index is 13.1. The molecule has 2 amide bonds. The van der Waals surface area contributed by atoms with E-state index in [0.717, 1.165) is 22.3 Å². The molecule has 5 heterocycles. The lowest BCUT2D eigenvalue weighted by Crippen LogP contribution is -2.70. The van der Waals surface area contributed by atoms with Crippen LogP contribution in [0.3, 0.4) is 0 Å². The summed E-state index contributed by atoms with van der Waals surface area (Å²) in [5, 5.41) is 46.7. The molecule has 4 aromatic rings. The molecule has 1 aromatic carbocycles. The summed E-state index contributed by atoms with van der Waals surface area (Å²) in [6.45, 7) is 0.411. The molecule has 0 aliphatic carbocycles. The zero-order chi connectivity index (χ0) is 34.1. The smallest absolute Gasteiger partial charge is 0.403 e. The Morgan fingerprint density at radius 1 is 1.23 bits per heavy atom. The molecule has 0 bridgehead atoms. The van der Waals surface area contributed by atoms with Crippen LogP contribution in [0.4, 0.5) is 5.13 Å². The van der Waals surface area contributed by atoms with Gasteiger partial charge in [-0.1, -0.05) is 22.3 Å². The number of aromatic carboxylic acids is 1. The number of thiazole rings is 1. The minimum atomic E-state index is -1.57. The zero-order valence-electron chi connectivity index (χ0n) is 24.4. The summed E-state index contributed by atoms with van der Waals surface area (Å²) in [7, 11) is 0. The molecule has 19 heteroatoms. The number of anilines is 1. The number of nitrogens with zero attached hydrogens (tertiary/aromatic N) is 6. The number of carboxylic acid groups (broad SMARTS) is 2. The van der Waals surface area contributed by atoms with Gasteiger partial charge in [-0.3, -0.25) is 14.5 Å². The number of carbonyl (C=O) groups is 4. The van der Waals surface area contributed by atoms with E-state index in [-0.39, 0.29) is 27.8 Å². The number of thioether (sulfide) groups is 1. The lowest BCUT2D eigenvalue weighted by molar-refractivity contribution is -0.513. The molecule has 17 nitrogen and oxygen atoms in total. The second-order valence-corrected chi connectivity index (χ2v) is 12.3. The third kappa shape index (κ3) is 5.98. The quantitative estimate of drug-likeness (QED) is 0.0420. The average molecular weight is 694 g/mol. The first-order valence-corrected chi connectivity index (χ1v) is 15.9. The molecule has 1 fully saturated rings. The van der Waals surface area contributed by atoms with Crippen molar-refractivity contribution >= 4 is 64.0 Å². The number of fused-ring (bicyclic) bond motifs is 2. The number of hydrogen-bond acceptors (Lipinski definition) is 13. The number of aromatic hydroxyl groups is 2. The van der Waals surface area contributed by atoms with Gasteiger partial charge in [0.25, 0.3) is 11.8 Å². The normalized spacial score (nSPS) is 18.2. The monoisotopic (exact) mass is 693 g/mol. The number of aliphatic carboxylic acids is 1. The number of nitrogen functional groups attached to an aromatic ring is 1. The van der Waals surface area contributed by atoms with Crippen molar-refractivity contribution in [2.45, 2.75) is 24.1 Å². The first-order valence-electron chi connectivity index (χ1n) is 13.9. The van der Waals surface area contributed by atoms with Crippen LogP contribution >= 0.6 is 23.1 Å². The van der Waals surface area contributed by atoms with Gasteiger partial charge < -0.3 is 36.3 Å². The fourth-order valence-corrected chi connectivity index (χ4v) is 7.11. The van der Waals surface area contributed by atoms with Crippen LogP contribution in [0, 0.1) is 0 Å². The summed E-state index contributed by atoms with van der Waals surface area (Å²) >= 11 is 2.30. The number of phenolic OH excluding ortho intramolecular Hbond substituents is 1. The van der Waals surface area contributed by atoms with E-state index in [4.69, 9.17) is 10.6 Å². The van der Waals surface area contributed by atoms with Crippen molar-refractivity contribution in [1.29, 1.82) is 0 Å². The van der Waals surface area contributed by atoms with Crippen molar-refractivity contribution in [3.05, 3.63) is 88.6 Å². The highest BCUT2D eigenvalue weighted by Crippen LogP contribution is 2.41. The van der Waals surface area contributed by atoms with E-state index in [0.29, 0.717) is 24.1 Å². The van der Waals surface area contributed by atoms with Crippen molar-refractivity contribution in [3.63, 3.8) is 0 Å². The molecule has 0 spiro atoms. The van der Waals surface area contributed by atoms with Gasteiger partial charge >= 0.3 is 17.7 Å². The number of hydrogen-bond donors (Lipinski definition) is 6. The molecule has 0 radical (unpaired) electrons. The van der Waals surface area contributed by atoms with E-state index in [2.05, 4.69) is 20.4 Å². The van der Waals surface area contributed by atoms with Crippen LogP contribution in [0.25, 0.3) is 5.78 Å². The molecule has 2 aliphatic rings. The van der Waals surface area contributed by atoms with E-state index in [9.17, 15) is 39.6 Å². The lowest BCUT2D eigenvalue weighted by Gasteiger charge is -2.49. The topological polar surface area (TPSA) is 247 Å². The van der Waals surface area contributed by atoms with E-state index in [1.54, 1.807) is 24.4 Å². The van der Waals surface area contributed by atoms with Gasteiger partial charge in [0.1, 0.15) is 47.0 Å². The molecule has 3 aromatic heterocycles. The van der Waals surface area contributed by atoms with Crippen LogP contribution in [-0.2, 0) is 25.8 Å². The minimum absolute atomic E-state index is 0.112. The molecular weight excluding hydrogens is 669 g/mol. The van der Waals surface area contributed by atoms with E-state index in [1.807, 2.05) is 27.6 Å². The summed E-state index contributed by atoms with van der Waals surface area (Å²) in [5.74, 6) is -4.96. The first kappa shape index (κ1) is 32.0. The summed E-state index contributed by atoms with van der Waals surface area (Å²) in [5.41, 5.74) is 5.28. The maximum Gasteiger partial charge on any atom is 0.403 e.